The second-order valence-electron chi connectivity index (χ2n) is 16.0. The Labute approximate surface area is 352 Å². The number of anilines is 1. The maximum Gasteiger partial charge on any atom is 0.446 e. The van der Waals surface area contributed by atoms with E-state index in [0.717, 1.165) is 21.7 Å². The topological polar surface area (TPSA) is 210 Å². The van der Waals surface area contributed by atoms with Gasteiger partial charge in [0.25, 0.3) is 0 Å². The van der Waals surface area contributed by atoms with Gasteiger partial charge in [-0.05, 0) is 67.7 Å². The lowest BCUT2D eigenvalue weighted by atomic mass is 9.85. The molecule has 13 nitrogen and oxygen atoms in total. The van der Waals surface area contributed by atoms with Crippen LogP contribution in [0.3, 0.4) is 0 Å². The van der Waals surface area contributed by atoms with Gasteiger partial charge in [-0.1, -0.05) is 63.6 Å². The number of halogens is 4. The summed E-state index contributed by atoms with van der Waals surface area (Å²) >= 11 is 1.57. The fourth-order valence-corrected chi connectivity index (χ4v) is 7.42. The van der Waals surface area contributed by atoms with Crippen molar-refractivity contribution in [3.63, 3.8) is 0 Å². The van der Waals surface area contributed by atoms with Crippen molar-refractivity contribution >= 4 is 46.9 Å². The van der Waals surface area contributed by atoms with E-state index < -0.39 is 47.9 Å². The van der Waals surface area contributed by atoms with Crippen molar-refractivity contribution < 1.29 is 46.6 Å². The lowest BCUT2D eigenvalue weighted by Gasteiger charge is -2.35. The summed E-state index contributed by atoms with van der Waals surface area (Å²) in [6, 6.07) is 10.6. The Kier molecular flexibility index (Phi) is 18.6. The molecule has 330 valence electrons. The molecule has 1 saturated heterocycles. The summed E-state index contributed by atoms with van der Waals surface area (Å²) in [6.07, 6.45) is -3.36. The molecule has 0 aliphatic carbocycles. The predicted molar refractivity (Wildman–Crippen MR) is 222 cm³/mol. The number of amides is 4. The third-order valence-electron chi connectivity index (χ3n) is 9.94. The molecule has 60 heavy (non-hydrogen) atoms. The molecule has 4 amide bonds. The molecule has 1 aliphatic heterocycles. The number of nitrogens with zero attached hydrogens (tertiary/aromatic N) is 2. The van der Waals surface area contributed by atoms with E-state index in [1.54, 1.807) is 29.5 Å². The molecule has 18 heteroatoms. The standard InChI is InChI=1S/C40H56FN7O5S.C2HF3O/c1-24(26-14-16-28(17-15-26)36-25(2)45-23-54-36)46-38(52)32-20-30(49)22-48(32)39(53)37(40(3,4)5)47-34(51)13-8-6-7-10-27-11-9-12-31(35(27)41)44-21-29(42)18-19-33(43)50;3-2(4,5)1-6/h9,11-12,14-17,23-24,29-30,32,37,44,49H,6-8,10,13,18-22,42H2,1-5H3,(H2,43,50)(H,46,52)(H,47,51);1H/t24-,29-,30+,32-,37+;/m0./s1. The molecular weight excluding hydrogens is 807 g/mol. The number of likely N-dealkylation sites (tertiary alicyclic amines) is 1. The summed E-state index contributed by atoms with van der Waals surface area (Å²) in [5, 5.41) is 19.5. The summed E-state index contributed by atoms with van der Waals surface area (Å²) in [5.74, 6) is -1.85. The maximum absolute atomic E-state index is 15.1. The lowest BCUT2D eigenvalue weighted by Crippen LogP contribution is -2.57. The van der Waals surface area contributed by atoms with E-state index in [-0.39, 0.29) is 55.5 Å². The average Bonchev–Trinajstić information content (AvgIpc) is 3.80. The van der Waals surface area contributed by atoms with Gasteiger partial charge in [0.1, 0.15) is 17.9 Å². The first-order valence-electron chi connectivity index (χ1n) is 19.8. The smallest absolute Gasteiger partial charge is 0.391 e. The number of alkyl halides is 3. The number of β-amino-alcohol motifs (C(OH)–C–C–N with tert-alkyl or cyclic N) is 1. The van der Waals surface area contributed by atoms with Crippen molar-refractivity contribution in [2.45, 2.75) is 122 Å². The highest BCUT2D eigenvalue weighted by molar-refractivity contribution is 7.13. The first-order valence-corrected chi connectivity index (χ1v) is 20.7. The number of carbonyl (C=O) groups is 5. The average molecular weight is 864 g/mol. The number of aliphatic hydroxyl groups excluding tert-OH is 1. The minimum Gasteiger partial charge on any atom is -0.391 e. The first-order chi connectivity index (χ1) is 28.1. The molecule has 0 radical (unpaired) electrons. The second-order valence-corrected chi connectivity index (χ2v) is 16.9. The van der Waals surface area contributed by atoms with E-state index in [9.17, 15) is 37.5 Å². The van der Waals surface area contributed by atoms with Crippen LogP contribution < -0.4 is 27.4 Å². The number of thiazole rings is 1. The SMILES string of the molecule is Cc1ncsc1-c1ccc([C@H](C)NC(=O)[C@@H]2C[C@@H](O)CN2C(=O)[C@@H](NC(=O)CCCCCc2cccc(NC[C@@H](N)CCC(N)=O)c2F)C(C)(C)C)cc1.O=CC(F)(F)F. The van der Waals surface area contributed by atoms with Gasteiger partial charge in [-0.2, -0.15) is 13.2 Å². The second kappa shape index (κ2) is 22.6. The molecule has 0 saturated carbocycles. The van der Waals surface area contributed by atoms with Crippen LogP contribution in [-0.2, 0) is 30.4 Å². The molecule has 1 fully saturated rings. The molecule has 8 N–H and O–H groups in total. The van der Waals surface area contributed by atoms with Gasteiger partial charge in [0.05, 0.1) is 33.9 Å². The number of primary amides is 1. The predicted octanol–water partition coefficient (Wildman–Crippen LogP) is 5.48. The van der Waals surface area contributed by atoms with Crippen LogP contribution in [0, 0.1) is 18.2 Å². The Morgan fingerprint density at radius 1 is 1.03 bits per heavy atom. The van der Waals surface area contributed by atoms with E-state index >= 15 is 4.39 Å². The number of aldehydes is 1. The minimum absolute atomic E-state index is 0.00791. The van der Waals surface area contributed by atoms with Crippen LogP contribution in [0.1, 0.15) is 95.5 Å². The van der Waals surface area contributed by atoms with E-state index in [4.69, 9.17) is 16.3 Å². The fraction of sp³-hybridized carbons (Fsp3) is 0.524. The third-order valence-corrected chi connectivity index (χ3v) is 10.9. The number of nitrogens with one attached hydrogen (secondary N) is 3. The minimum atomic E-state index is -4.64. The van der Waals surface area contributed by atoms with Crippen LogP contribution in [0.4, 0.5) is 23.2 Å². The maximum atomic E-state index is 15.1. The zero-order valence-electron chi connectivity index (χ0n) is 34.6. The molecule has 4 rings (SSSR count). The van der Waals surface area contributed by atoms with Crippen LogP contribution in [0.2, 0.25) is 0 Å². The Bertz CT molecular complexity index is 1900. The molecular formula is C42H57F4N7O6S. The highest BCUT2D eigenvalue weighted by atomic mass is 32.1. The van der Waals surface area contributed by atoms with Crippen LogP contribution in [0.5, 0.6) is 0 Å². The Morgan fingerprint density at radius 3 is 2.28 bits per heavy atom. The molecule has 2 heterocycles. The number of benzene rings is 2. The zero-order chi connectivity index (χ0) is 44.8. The van der Waals surface area contributed by atoms with Gasteiger partial charge in [-0.15, -0.1) is 11.3 Å². The number of hydrogen-bond acceptors (Lipinski definition) is 10. The van der Waals surface area contributed by atoms with Crippen molar-refractivity contribution in [3.8, 4) is 10.4 Å². The molecule has 5 atom stereocenters. The fourth-order valence-electron chi connectivity index (χ4n) is 6.61. The Hall–Kier alpha value is -4.94. The Balaban J connectivity index is 0.00000149. The van der Waals surface area contributed by atoms with Crippen molar-refractivity contribution in [3.05, 3.63) is 70.6 Å². The molecule has 1 aromatic heterocycles. The molecule has 2 aromatic carbocycles. The van der Waals surface area contributed by atoms with Gasteiger partial charge < -0.3 is 37.4 Å². The van der Waals surface area contributed by atoms with Gasteiger partial charge in [0.15, 0.2) is 0 Å². The number of aryl methyl sites for hydroxylation is 2. The van der Waals surface area contributed by atoms with Gasteiger partial charge in [0, 0.05) is 38.4 Å². The van der Waals surface area contributed by atoms with Gasteiger partial charge in [-0.3, -0.25) is 24.0 Å². The monoisotopic (exact) mass is 863 g/mol. The van der Waals surface area contributed by atoms with Crippen molar-refractivity contribution in [2.75, 3.05) is 18.4 Å². The van der Waals surface area contributed by atoms with Crippen molar-refractivity contribution in [1.29, 1.82) is 0 Å². The van der Waals surface area contributed by atoms with Crippen LogP contribution in [0.15, 0.2) is 48.0 Å². The lowest BCUT2D eigenvalue weighted by molar-refractivity contribution is -0.156. The summed E-state index contributed by atoms with van der Waals surface area (Å²) in [6.45, 7) is 9.69. The van der Waals surface area contributed by atoms with E-state index in [1.165, 1.54) is 4.90 Å². The molecule has 3 aromatic rings. The molecule has 0 bridgehead atoms. The number of unbranched alkanes of at least 4 members (excludes halogenated alkanes) is 2. The highest BCUT2D eigenvalue weighted by Crippen LogP contribution is 2.30. The van der Waals surface area contributed by atoms with Gasteiger partial charge >= 0.3 is 6.18 Å². The van der Waals surface area contributed by atoms with E-state index in [1.807, 2.05) is 64.4 Å². The van der Waals surface area contributed by atoms with Crippen LogP contribution >= 0.6 is 11.3 Å². The number of hydrogen-bond donors (Lipinski definition) is 6. The van der Waals surface area contributed by atoms with Gasteiger partial charge in [-0.25, -0.2) is 9.37 Å². The van der Waals surface area contributed by atoms with Crippen molar-refractivity contribution in [1.82, 2.24) is 20.5 Å². The number of carbonyl (C=O) groups excluding carboxylic acids is 5. The quantitative estimate of drug-likeness (QED) is 0.0543. The summed E-state index contributed by atoms with van der Waals surface area (Å²) in [7, 11) is 0. The zero-order valence-corrected chi connectivity index (χ0v) is 35.4. The summed E-state index contributed by atoms with van der Waals surface area (Å²) < 4.78 is 46.4. The van der Waals surface area contributed by atoms with Crippen LogP contribution in [-0.4, -0.2) is 88.4 Å². The third kappa shape index (κ3) is 15.6. The Morgan fingerprint density at radius 2 is 1.70 bits per heavy atom. The highest BCUT2D eigenvalue weighted by Gasteiger charge is 2.44. The molecule has 0 spiro atoms. The van der Waals surface area contributed by atoms with Crippen LogP contribution in [0.25, 0.3) is 10.4 Å². The largest absolute Gasteiger partial charge is 0.446 e. The van der Waals surface area contributed by atoms with E-state index in [0.29, 0.717) is 49.9 Å². The number of aliphatic hydroxyl groups is 1. The number of nitrogens with two attached hydrogens (primary N) is 2. The number of aromatic nitrogens is 1. The van der Waals surface area contributed by atoms with Crippen molar-refractivity contribution in [2.24, 2.45) is 16.9 Å². The van der Waals surface area contributed by atoms with E-state index in [2.05, 4.69) is 20.9 Å². The number of rotatable bonds is 18. The summed E-state index contributed by atoms with van der Waals surface area (Å²) in [4.78, 5) is 67.2. The normalized spacial score (nSPS) is 16.8. The summed E-state index contributed by atoms with van der Waals surface area (Å²) in [5.41, 5.74) is 16.1. The molecule has 1 aliphatic rings. The molecule has 0 unspecified atom stereocenters. The first kappa shape index (κ1) is 49.4. The van der Waals surface area contributed by atoms with Gasteiger partial charge in [0.2, 0.25) is 29.9 Å².